The molecule has 0 aromatic heterocycles. The number of fused-ring (bicyclic) bond motifs is 2. The molecule has 1 heterocycles. The Kier molecular flexibility index (Phi) is 2.63. The second-order valence-corrected chi connectivity index (χ2v) is 4.52. The lowest BCUT2D eigenvalue weighted by Crippen LogP contribution is -2.29. The van der Waals surface area contributed by atoms with Crippen molar-refractivity contribution in [2.24, 2.45) is 0 Å². The molecule has 0 radical (unpaired) electrons. The zero-order chi connectivity index (χ0) is 12.5. The van der Waals surface area contributed by atoms with Crippen molar-refractivity contribution in [3.05, 3.63) is 59.7 Å². The number of rotatable bonds is 1. The Balaban J connectivity index is 2.20. The van der Waals surface area contributed by atoms with Crippen LogP contribution in [0.15, 0.2) is 48.5 Å². The van der Waals surface area contributed by atoms with Crippen LogP contribution in [-0.4, -0.2) is 5.91 Å². The van der Waals surface area contributed by atoms with E-state index in [0.29, 0.717) is 6.42 Å². The summed E-state index contributed by atoms with van der Waals surface area (Å²) in [5.74, 6) is 0.148. The minimum atomic E-state index is 0.148. The number of anilines is 2. The average Bonchev–Trinajstić information content (AvgIpc) is 2.44. The fourth-order valence-electron chi connectivity index (χ4n) is 2.52. The highest BCUT2D eigenvalue weighted by molar-refractivity contribution is 6.02. The number of hydrogen-bond donors (Lipinski definition) is 0. The Morgan fingerprint density at radius 2 is 1.50 bits per heavy atom. The van der Waals surface area contributed by atoms with E-state index < -0.39 is 0 Å². The first-order valence-corrected chi connectivity index (χ1v) is 6.30. The number of nitrogens with zero attached hydrogens (tertiary/aromatic N) is 1. The van der Waals surface area contributed by atoms with Gasteiger partial charge in [-0.1, -0.05) is 43.3 Å². The molecule has 0 aliphatic carbocycles. The fourth-order valence-corrected chi connectivity index (χ4v) is 2.52. The van der Waals surface area contributed by atoms with Crippen LogP contribution in [0.1, 0.15) is 24.5 Å². The monoisotopic (exact) mass is 237 g/mol. The van der Waals surface area contributed by atoms with E-state index in [1.807, 2.05) is 48.2 Å². The van der Waals surface area contributed by atoms with Gasteiger partial charge in [0.25, 0.3) is 0 Å². The second-order valence-electron chi connectivity index (χ2n) is 4.52. The number of hydrogen-bond acceptors (Lipinski definition) is 1. The first-order chi connectivity index (χ1) is 8.81. The van der Waals surface area contributed by atoms with Gasteiger partial charge in [0.1, 0.15) is 0 Å². The predicted molar refractivity (Wildman–Crippen MR) is 73.1 cm³/mol. The number of para-hydroxylation sites is 2. The van der Waals surface area contributed by atoms with E-state index >= 15 is 0 Å². The van der Waals surface area contributed by atoms with Gasteiger partial charge in [-0.25, -0.2) is 0 Å². The molecule has 0 N–H and O–H groups in total. The van der Waals surface area contributed by atoms with Gasteiger partial charge < -0.3 is 0 Å². The fraction of sp³-hybridized carbons (Fsp3) is 0.188. The topological polar surface area (TPSA) is 20.3 Å². The van der Waals surface area contributed by atoms with Gasteiger partial charge in [0.2, 0.25) is 5.91 Å². The SMILES string of the molecule is CCC(=O)N1c2ccccc2Cc2ccccc21. The number of amides is 1. The number of carbonyl (C=O) groups is 1. The molecular weight excluding hydrogens is 222 g/mol. The summed E-state index contributed by atoms with van der Waals surface area (Å²) in [6.45, 7) is 1.90. The molecule has 0 spiro atoms. The minimum absolute atomic E-state index is 0.148. The lowest BCUT2D eigenvalue weighted by molar-refractivity contribution is -0.117. The zero-order valence-corrected chi connectivity index (χ0v) is 10.4. The molecule has 1 aliphatic heterocycles. The molecule has 90 valence electrons. The predicted octanol–water partition coefficient (Wildman–Crippen LogP) is 3.67. The molecule has 1 aliphatic rings. The molecule has 18 heavy (non-hydrogen) atoms. The van der Waals surface area contributed by atoms with Crippen LogP contribution in [0.25, 0.3) is 0 Å². The third-order valence-corrected chi connectivity index (χ3v) is 3.40. The van der Waals surface area contributed by atoms with Crippen LogP contribution in [-0.2, 0) is 11.2 Å². The summed E-state index contributed by atoms with van der Waals surface area (Å²) in [7, 11) is 0. The minimum Gasteiger partial charge on any atom is -0.281 e. The molecule has 0 fully saturated rings. The van der Waals surface area contributed by atoms with Crippen molar-refractivity contribution in [1.82, 2.24) is 0 Å². The van der Waals surface area contributed by atoms with Gasteiger partial charge in [-0.15, -0.1) is 0 Å². The Morgan fingerprint density at radius 3 is 2.00 bits per heavy atom. The number of benzene rings is 2. The summed E-state index contributed by atoms with van der Waals surface area (Å²) in [6, 6.07) is 16.3. The molecule has 2 aromatic carbocycles. The molecule has 0 saturated carbocycles. The van der Waals surface area contributed by atoms with Crippen LogP contribution >= 0.6 is 0 Å². The van der Waals surface area contributed by atoms with Gasteiger partial charge in [0.15, 0.2) is 0 Å². The summed E-state index contributed by atoms with van der Waals surface area (Å²) < 4.78 is 0. The van der Waals surface area contributed by atoms with Gasteiger partial charge in [-0.2, -0.15) is 0 Å². The van der Waals surface area contributed by atoms with E-state index in [-0.39, 0.29) is 5.91 Å². The summed E-state index contributed by atoms with van der Waals surface area (Å²) in [6.07, 6.45) is 1.42. The summed E-state index contributed by atoms with van der Waals surface area (Å²) in [5.41, 5.74) is 4.50. The summed E-state index contributed by atoms with van der Waals surface area (Å²) >= 11 is 0. The largest absolute Gasteiger partial charge is 0.281 e. The standard InChI is InChI=1S/C16H15NO/c1-2-16(18)17-14-9-5-3-7-12(14)11-13-8-4-6-10-15(13)17/h3-10H,2,11H2,1H3. The Bertz CT molecular complexity index is 558. The van der Waals surface area contributed by atoms with Crippen LogP contribution < -0.4 is 4.90 Å². The Labute approximate surface area is 107 Å². The smallest absolute Gasteiger partial charge is 0.231 e. The molecule has 2 nitrogen and oxygen atoms in total. The van der Waals surface area contributed by atoms with Crippen molar-refractivity contribution in [2.75, 3.05) is 4.90 Å². The molecule has 0 atom stereocenters. The van der Waals surface area contributed by atoms with E-state index in [1.165, 1.54) is 11.1 Å². The Hall–Kier alpha value is -2.09. The maximum absolute atomic E-state index is 12.2. The van der Waals surface area contributed by atoms with Gasteiger partial charge >= 0.3 is 0 Å². The zero-order valence-electron chi connectivity index (χ0n) is 10.4. The van der Waals surface area contributed by atoms with E-state index in [9.17, 15) is 4.79 Å². The van der Waals surface area contributed by atoms with Crippen LogP contribution in [0.4, 0.5) is 11.4 Å². The van der Waals surface area contributed by atoms with Gasteiger partial charge in [-0.3, -0.25) is 9.69 Å². The first kappa shape index (κ1) is 11.0. The van der Waals surface area contributed by atoms with Crippen LogP contribution in [0.3, 0.4) is 0 Å². The summed E-state index contributed by atoms with van der Waals surface area (Å²) in [4.78, 5) is 14.1. The van der Waals surface area contributed by atoms with Crippen molar-refractivity contribution in [1.29, 1.82) is 0 Å². The third kappa shape index (κ3) is 1.61. The quantitative estimate of drug-likeness (QED) is 0.741. The maximum atomic E-state index is 12.2. The van der Waals surface area contributed by atoms with E-state index in [1.54, 1.807) is 0 Å². The lowest BCUT2D eigenvalue weighted by atomic mass is 9.95. The highest BCUT2D eigenvalue weighted by Gasteiger charge is 2.25. The lowest BCUT2D eigenvalue weighted by Gasteiger charge is -2.31. The molecule has 2 aromatic rings. The van der Waals surface area contributed by atoms with Crippen LogP contribution in [0, 0.1) is 0 Å². The van der Waals surface area contributed by atoms with Crippen molar-refractivity contribution < 1.29 is 4.79 Å². The molecule has 3 rings (SSSR count). The normalized spacial score (nSPS) is 12.8. The van der Waals surface area contributed by atoms with Gasteiger partial charge in [0.05, 0.1) is 11.4 Å². The molecule has 0 bridgehead atoms. The summed E-state index contributed by atoms with van der Waals surface area (Å²) in [5, 5.41) is 0. The third-order valence-electron chi connectivity index (χ3n) is 3.40. The van der Waals surface area contributed by atoms with Crippen LogP contribution in [0.5, 0.6) is 0 Å². The first-order valence-electron chi connectivity index (χ1n) is 6.30. The maximum Gasteiger partial charge on any atom is 0.231 e. The van der Waals surface area contributed by atoms with Crippen molar-refractivity contribution in [3.63, 3.8) is 0 Å². The molecule has 1 amide bonds. The van der Waals surface area contributed by atoms with Crippen molar-refractivity contribution >= 4 is 17.3 Å². The molecule has 0 saturated heterocycles. The highest BCUT2D eigenvalue weighted by atomic mass is 16.2. The average molecular weight is 237 g/mol. The van der Waals surface area contributed by atoms with E-state index in [2.05, 4.69) is 12.1 Å². The number of carbonyl (C=O) groups excluding carboxylic acids is 1. The second kappa shape index (κ2) is 4.30. The van der Waals surface area contributed by atoms with E-state index in [0.717, 1.165) is 17.8 Å². The molecular formula is C16H15NO. The molecule has 2 heteroatoms. The Morgan fingerprint density at radius 1 is 1.00 bits per heavy atom. The van der Waals surface area contributed by atoms with Gasteiger partial charge in [0, 0.05) is 12.8 Å². The molecule has 0 unspecified atom stereocenters. The highest BCUT2D eigenvalue weighted by Crippen LogP contribution is 2.38. The van der Waals surface area contributed by atoms with Crippen molar-refractivity contribution in [3.8, 4) is 0 Å². The van der Waals surface area contributed by atoms with Crippen LogP contribution in [0.2, 0.25) is 0 Å². The van der Waals surface area contributed by atoms with Crippen molar-refractivity contribution in [2.45, 2.75) is 19.8 Å². The van der Waals surface area contributed by atoms with E-state index in [4.69, 9.17) is 0 Å². The van der Waals surface area contributed by atoms with Gasteiger partial charge in [-0.05, 0) is 23.3 Å².